The lowest BCUT2D eigenvalue weighted by molar-refractivity contribution is -0.142. The lowest BCUT2D eigenvalue weighted by Crippen LogP contribution is -2.51. The third kappa shape index (κ3) is 3.72. The first-order valence-electron chi connectivity index (χ1n) is 12.3. The van der Waals surface area contributed by atoms with Crippen LogP contribution in [0.2, 0.25) is 0 Å². The summed E-state index contributed by atoms with van der Waals surface area (Å²) in [4.78, 5) is 13.2. The van der Waals surface area contributed by atoms with Crippen LogP contribution < -0.4 is 0 Å². The highest BCUT2D eigenvalue weighted by molar-refractivity contribution is 5.82. The van der Waals surface area contributed by atoms with E-state index in [1.807, 2.05) is 6.92 Å². The van der Waals surface area contributed by atoms with Crippen molar-refractivity contribution >= 4 is 5.78 Å². The number of halogens is 3. The van der Waals surface area contributed by atoms with Crippen LogP contribution in [0.5, 0.6) is 0 Å². The summed E-state index contributed by atoms with van der Waals surface area (Å²) in [6.45, 7) is 4.18. The van der Waals surface area contributed by atoms with Crippen LogP contribution in [0.1, 0.15) is 77.3 Å². The van der Waals surface area contributed by atoms with E-state index in [4.69, 9.17) is 0 Å². The number of rotatable bonds is 3. The van der Waals surface area contributed by atoms with E-state index >= 15 is 0 Å². The number of alkyl halides is 3. The van der Waals surface area contributed by atoms with E-state index in [9.17, 15) is 23.1 Å². The van der Waals surface area contributed by atoms with Crippen molar-refractivity contribution in [2.45, 2.75) is 90.0 Å². The van der Waals surface area contributed by atoms with Gasteiger partial charge in [-0.25, -0.2) is 0 Å². The first-order chi connectivity index (χ1) is 15.0. The van der Waals surface area contributed by atoms with Gasteiger partial charge in [-0.15, -0.1) is 0 Å². The van der Waals surface area contributed by atoms with Crippen LogP contribution in [0.3, 0.4) is 0 Å². The molecule has 5 rings (SSSR count). The van der Waals surface area contributed by atoms with Crippen LogP contribution in [0.25, 0.3) is 0 Å². The van der Waals surface area contributed by atoms with Gasteiger partial charge in [0.25, 0.3) is 0 Å². The van der Waals surface area contributed by atoms with Crippen molar-refractivity contribution in [1.82, 2.24) is 9.78 Å². The minimum atomic E-state index is -4.48. The monoisotopic (exact) mass is 452 g/mol. The van der Waals surface area contributed by atoms with Gasteiger partial charge in [-0.05, 0) is 106 Å². The molecule has 0 aromatic carbocycles. The molecular formula is C25H35F3N2O2. The third-order valence-electron chi connectivity index (χ3n) is 9.87. The van der Waals surface area contributed by atoms with Crippen LogP contribution in [0.4, 0.5) is 13.2 Å². The molecule has 4 saturated carbocycles. The quantitative estimate of drug-likeness (QED) is 0.660. The lowest BCUT2D eigenvalue weighted by atomic mass is 9.49. The third-order valence-corrected chi connectivity index (χ3v) is 9.87. The fourth-order valence-corrected chi connectivity index (χ4v) is 8.48. The molecule has 1 heterocycles. The molecule has 8 atom stereocenters. The molecule has 0 unspecified atom stereocenters. The number of carbonyl (C=O) groups excluding carboxylic acids is 1. The van der Waals surface area contributed by atoms with Gasteiger partial charge < -0.3 is 5.11 Å². The topological polar surface area (TPSA) is 55.1 Å². The predicted octanol–water partition coefficient (Wildman–Crippen LogP) is 5.49. The standard InChI is InChI=1S/C25H35F3N2O2/c1-23(32)10-7-16-15(13-23)3-4-18-17(16)8-11-24(2)19(18)5-6-20(24)21(31)14-30-12-9-22(29-30)25(26,27)28/h9,12,15-20,32H,3-8,10-11,13-14H2,1-2H3/t15-,16-,17+,18+,19-,20+,23+,24-/m0/s1. The smallest absolute Gasteiger partial charge is 0.390 e. The summed E-state index contributed by atoms with van der Waals surface area (Å²) in [5.41, 5.74) is -1.50. The maximum Gasteiger partial charge on any atom is 0.435 e. The molecule has 1 aromatic heterocycles. The summed E-state index contributed by atoms with van der Waals surface area (Å²) in [5, 5.41) is 14.1. The Bertz CT molecular complexity index is 879. The summed E-state index contributed by atoms with van der Waals surface area (Å²) in [7, 11) is 0. The van der Waals surface area contributed by atoms with Crippen LogP contribution in [0.15, 0.2) is 12.3 Å². The van der Waals surface area contributed by atoms with E-state index in [1.54, 1.807) is 0 Å². The summed E-state index contributed by atoms with van der Waals surface area (Å²) < 4.78 is 39.8. The molecule has 4 fully saturated rings. The molecule has 1 N–H and O–H groups in total. The number of ketones is 1. The molecule has 0 amide bonds. The van der Waals surface area contributed by atoms with E-state index in [0.717, 1.165) is 55.7 Å². The molecule has 0 spiro atoms. The highest BCUT2D eigenvalue weighted by atomic mass is 19.4. The summed E-state index contributed by atoms with van der Waals surface area (Å²) in [5.74, 6) is 3.17. The van der Waals surface area contributed by atoms with Gasteiger partial charge in [-0.3, -0.25) is 9.48 Å². The maximum absolute atomic E-state index is 13.2. The van der Waals surface area contributed by atoms with Crippen LogP contribution in [-0.4, -0.2) is 26.3 Å². The van der Waals surface area contributed by atoms with Crippen molar-refractivity contribution in [3.05, 3.63) is 18.0 Å². The largest absolute Gasteiger partial charge is 0.435 e. The zero-order valence-corrected chi connectivity index (χ0v) is 19.1. The van der Waals surface area contributed by atoms with Crippen molar-refractivity contribution < 1.29 is 23.1 Å². The Morgan fingerprint density at radius 2 is 1.84 bits per heavy atom. The second kappa shape index (κ2) is 7.57. The Kier molecular flexibility index (Phi) is 5.31. The highest BCUT2D eigenvalue weighted by Gasteiger charge is 2.58. The second-order valence-corrected chi connectivity index (χ2v) is 11.7. The number of nitrogens with zero attached hydrogens (tertiary/aromatic N) is 2. The van der Waals surface area contributed by atoms with Crippen molar-refractivity contribution in [3.63, 3.8) is 0 Å². The average Bonchev–Trinajstić information content (AvgIpc) is 3.30. The van der Waals surface area contributed by atoms with Gasteiger partial charge in [0.2, 0.25) is 0 Å². The Morgan fingerprint density at radius 3 is 2.56 bits per heavy atom. The molecule has 178 valence electrons. The molecule has 7 heteroatoms. The highest BCUT2D eigenvalue weighted by Crippen LogP contribution is 2.64. The second-order valence-electron chi connectivity index (χ2n) is 11.7. The molecular weight excluding hydrogens is 417 g/mol. The molecule has 0 bridgehead atoms. The SMILES string of the molecule is C[C@@]1(O)CC[C@H]2[C@@H](CC[C@@H]3[C@@H]2CC[C@]2(C)[C@@H](C(=O)Cn4ccc(C(F)(F)F)n4)CC[C@@H]32)C1. The number of hydrogen-bond donors (Lipinski definition) is 1. The van der Waals surface area contributed by atoms with Crippen LogP contribution in [-0.2, 0) is 17.5 Å². The minimum absolute atomic E-state index is 0.0349. The van der Waals surface area contributed by atoms with E-state index in [2.05, 4.69) is 12.0 Å². The van der Waals surface area contributed by atoms with Gasteiger partial charge in [-0.1, -0.05) is 6.92 Å². The fourth-order valence-electron chi connectivity index (χ4n) is 8.48. The van der Waals surface area contributed by atoms with Crippen molar-refractivity contribution in [2.24, 2.45) is 40.9 Å². The normalized spacial score (nSPS) is 43.9. The molecule has 0 saturated heterocycles. The van der Waals surface area contributed by atoms with Crippen LogP contribution >= 0.6 is 0 Å². The van der Waals surface area contributed by atoms with Gasteiger partial charge in [0.15, 0.2) is 11.5 Å². The molecule has 32 heavy (non-hydrogen) atoms. The zero-order valence-electron chi connectivity index (χ0n) is 19.1. The minimum Gasteiger partial charge on any atom is -0.390 e. The van der Waals surface area contributed by atoms with Gasteiger partial charge >= 0.3 is 6.18 Å². The lowest BCUT2D eigenvalue weighted by Gasteiger charge is -2.56. The van der Waals surface area contributed by atoms with Gasteiger partial charge in [0.1, 0.15) is 0 Å². The molecule has 1 aromatic rings. The summed E-state index contributed by atoms with van der Waals surface area (Å²) in [6, 6.07) is 0.942. The van der Waals surface area contributed by atoms with E-state index in [-0.39, 0.29) is 23.7 Å². The summed E-state index contributed by atoms with van der Waals surface area (Å²) >= 11 is 0. The van der Waals surface area contributed by atoms with Crippen molar-refractivity contribution in [1.29, 1.82) is 0 Å². The number of Topliss-reactive ketones (excluding diaryl/α,β-unsaturated/α-hetero) is 1. The number of hydrogen-bond acceptors (Lipinski definition) is 3. The molecule has 4 aliphatic rings. The van der Waals surface area contributed by atoms with Crippen molar-refractivity contribution in [3.8, 4) is 0 Å². The maximum atomic E-state index is 13.2. The number of carbonyl (C=O) groups is 1. The van der Waals surface area contributed by atoms with E-state index in [1.165, 1.54) is 19.0 Å². The van der Waals surface area contributed by atoms with E-state index < -0.39 is 17.5 Å². The molecule has 4 nitrogen and oxygen atoms in total. The molecule has 0 aliphatic heterocycles. The molecule has 0 radical (unpaired) electrons. The number of aromatic nitrogens is 2. The van der Waals surface area contributed by atoms with Crippen LogP contribution in [0, 0.1) is 40.9 Å². The Hall–Kier alpha value is -1.37. The number of fused-ring (bicyclic) bond motifs is 5. The van der Waals surface area contributed by atoms with Gasteiger partial charge in [0, 0.05) is 12.1 Å². The van der Waals surface area contributed by atoms with Gasteiger partial charge in [0.05, 0.1) is 12.1 Å². The predicted molar refractivity (Wildman–Crippen MR) is 113 cm³/mol. The first kappa shape index (κ1) is 22.4. The van der Waals surface area contributed by atoms with Crippen molar-refractivity contribution in [2.75, 3.05) is 0 Å². The average molecular weight is 453 g/mol. The Morgan fingerprint density at radius 1 is 1.09 bits per heavy atom. The Labute approximate surface area is 187 Å². The molecule has 4 aliphatic carbocycles. The first-order valence-corrected chi connectivity index (χ1v) is 12.3. The zero-order chi connectivity index (χ0) is 22.9. The van der Waals surface area contributed by atoms with E-state index in [0.29, 0.717) is 29.6 Å². The number of aliphatic hydroxyl groups is 1. The summed E-state index contributed by atoms with van der Waals surface area (Å²) in [6.07, 6.45) is 6.16. The Balaban J connectivity index is 1.29. The van der Waals surface area contributed by atoms with Gasteiger partial charge in [-0.2, -0.15) is 18.3 Å². The fraction of sp³-hybridized carbons (Fsp3) is 0.840.